The molecule has 0 bridgehead atoms. The quantitative estimate of drug-likeness (QED) is 0.836. The van der Waals surface area contributed by atoms with E-state index in [4.69, 9.17) is 14.2 Å². The van der Waals surface area contributed by atoms with E-state index >= 15 is 0 Å². The summed E-state index contributed by atoms with van der Waals surface area (Å²) in [5.41, 5.74) is 0.695. The lowest BCUT2D eigenvalue weighted by atomic mass is 9.91. The van der Waals surface area contributed by atoms with Crippen molar-refractivity contribution < 1.29 is 23.8 Å². The van der Waals surface area contributed by atoms with Crippen LogP contribution < -0.4 is 5.32 Å². The zero-order valence-electron chi connectivity index (χ0n) is 12.9. The van der Waals surface area contributed by atoms with Gasteiger partial charge < -0.3 is 19.5 Å². The minimum Gasteiger partial charge on any atom is -0.464 e. The second-order valence-electron chi connectivity index (χ2n) is 5.22. The molecule has 3 atom stereocenters. The Kier molecular flexibility index (Phi) is 5.51. The molecule has 6 heteroatoms. The molecular formula is C16H21NO5. The molecular weight excluding hydrogens is 286 g/mol. The molecule has 0 aromatic heterocycles. The molecule has 1 aromatic rings. The van der Waals surface area contributed by atoms with Gasteiger partial charge in [-0.1, -0.05) is 30.3 Å². The van der Waals surface area contributed by atoms with Gasteiger partial charge in [-0.15, -0.1) is 0 Å². The van der Waals surface area contributed by atoms with Crippen molar-refractivity contribution in [1.29, 1.82) is 0 Å². The first-order chi connectivity index (χ1) is 10.5. The SMILES string of the molecule is CCOC(=O)C1OC(OC(C)C)NC(=O)C1c1ccccc1. The van der Waals surface area contributed by atoms with Gasteiger partial charge >= 0.3 is 5.97 Å². The number of hydrogen-bond acceptors (Lipinski definition) is 5. The Morgan fingerprint density at radius 1 is 1.32 bits per heavy atom. The molecule has 0 radical (unpaired) electrons. The number of hydrogen-bond donors (Lipinski definition) is 1. The second-order valence-corrected chi connectivity index (χ2v) is 5.22. The zero-order chi connectivity index (χ0) is 16.1. The van der Waals surface area contributed by atoms with Crippen LogP contribution in [0.1, 0.15) is 32.3 Å². The van der Waals surface area contributed by atoms with Crippen LogP contribution in [0.15, 0.2) is 30.3 Å². The van der Waals surface area contributed by atoms with Gasteiger partial charge in [0.15, 0.2) is 6.10 Å². The molecule has 1 heterocycles. The van der Waals surface area contributed by atoms with E-state index < -0.39 is 24.4 Å². The summed E-state index contributed by atoms with van der Waals surface area (Å²) in [7, 11) is 0. The van der Waals surface area contributed by atoms with Crippen molar-refractivity contribution in [3.05, 3.63) is 35.9 Å². The Morgan fingerprint density at radius 2 is 2.00 bits per heavy atom. The summed E-state index contributed by atoms with van der Waals surface area (Å²) in [6.45, 7) is 5.56. The van der Waals surface area contributed by atoms with Crippen LogP contribution in [0.5, 0.6) is 0 Å². The van der Waals surface area contributed by atoms with Crippen LogP contribution in [0.2, 0.25) is 0 Å². The van der Waals surface area contributed by atoms with Crippen molar-refractivity contribution in [2.45, 2.75) is 45.3 Å². The minimum absolute atomic E-state index is 0.151. The first-order valence-electron chi connectivity index (χ1n) is 7.35. The molecule has 120 valence electrons. The first kappa shape index (κ1) is 16.5. The van der Waals surface area contributed by atoms with E-state index in [0.29, 0.717) is 5.56 Å². The van der Waals surface area contributed by atoms with Gasteiger partial charge in [-0.3, -0.25) is 4.79 Å². The maximum absolute atomic E-state index is 12.4. The summed E-state index contributed by atoms with van der Waals surface area (Å²) in [5, 5.41) is 2.63. The summed E-state index contributed by atoms with van der Waals surface area (Å²) >= 11 is 0. The van der Waals surface area contributed by atoms with Gasteiger partial charge in [0.1, 0.15) is 5.92 Å². The number of carbonyl (C=O) groups is 2. The number of carbonyl (C=O) groups excluding carboxylic acids is 2. The molecule has 22 heavy (non-hydrogen) atoms. The Bertz CT molecular complexity index is 517. The third-order valence-electron chi connectivity index (χ3n) is 3.19. The van der Waals surface area contributed by atoms with Gasteiger partial charge in [0.2, 0.25) is 12.3 Å². The molecule has 2 rings (SSSR count). The van der Waals surface area contributed by atoms with Crippen LogP contribution in [0.4, 0.5) is 0 Å². The Labute approximate surface area is 129 Å². The molecule has 0 aliphatic carbocycles. The van der Waals surface area contributed by atoms with Gasteiger partial charge in [0.05, 0.1) is 12.7 Å². The predicted octanol–water partition coefficient (Wildman–Crippen LogP) is 1.56. The van der Waals surface area contributed by atoms with Gasteiger partial charge in [-0.05, 0) is 26.3 Å². The maximum atomic E-state index is 12.4. The lowest BCUT2D eigenvalue weighted by Crippen LogP contribution is -2.55. The van der Waals surface area contributed by atoms with Gasteiger partial charge in [0.25, 0.3) is 0 Å². The van der Waals surface area contributed by atoms with E-state index in [1.54, 1.807) is 19.1 Å². The normalized spacial score (nSPS) is 24.9. The van der Waals surface area contributed by atoms with Crippen molar-refractivity contribution >= 4 is 11.9 Å². The Hall–Kier alpha value is -1.92. The maximum Gasteiger partial charge on any atom is 0.336 e. The largest absolute Gasteiger partial charge is 0.464 e. The molecule has 1 aromatic carbocycles. The molecule has 3 unspecified atom stereocenters. The van der Waals surface area contributed by atoms with Gasteiger partial charge in [0, 0.05) is 0 Å². The average Bonchev–Trinajstić information content (AvgIpc) is 2.47. The highest BCUT2D eigenvalue weighted by molar-refractivity contribution is 5.92. The van der Waals surface area contributed by atoms with E-state index in [1.807, 2.05) is 32.0 Å². The van der Waals surface area contributed by atoms with Crippen molar-refractivity contribution in [1.82, 2.24) is 5.32 Å². The number of rotatable bonds is 5. The smallest absolute Gasteiger partial charge is 0.336 e. The van der Waals surface area contributed by atoms with Crippen LogP contribution in [-0.4, -0.2) is 37.1 Å². The monoisotopic (exact) mass is 307 g/mol. The number of amides is 1. The highest BCUT2D eigenvalue weighted by Crippen LogP contribution is 2.28. The predicted molar refractivity (Wildman–Crippen MR) is 78.8 cm³/mol. The van der Waals surface area contributed by atoms with Crippen LogP contribution >= 0.6 is 0 Å². The number of nitrogens with one attached hydrogen (secondary N) is 1. The van der Waals surface area contributed by atoms with Crippen molar-refractivity contribution in [3.8, 4) is 0 Å². The summed E-state index contributed by atoms with van der Waals surface area (Å²) < 4.78 is 16.1. The van der Waals surface area contributed by atoms with Crippen LogP contribution in [0.3, 0.4) is 0 Å². The molecule has 1 fully saturated rings. The molecule has 0 spiro atoms. The second kappa shape index (κ2) is 7.38. The van der Waals surface area contributed by atoms with E-state index in [2.05, 4.69) is 5.32 Å². The Balaban J connectivity index is 2.26. The molecule has 1 aliphatic heterocycles. The Morgan fingerprint density at radius 3 is 2.59 bits per heavy atom. The lowest BCUT2D eigenvalue weighted by molar-refractivity contribution is -0.231. The highest BCUT2D eigenvalue weighted by Gasteiger charge is 2.44. The van der Waals surface area contributed by atoms with Crippen LogP contribution in [0.25, 0.3) is 0 Å². The molecule has 1 aliphatic rings. The fraction of sp³-hybridized carbons (Fsp3) is 0.500. The average molecular weight is 307 g/mol. The highest BCUT2D eigenvalue weighted by atomic mass is 16.7. The van der Waals surface area contributed by atoms with E-state index in [1.165, 1.54) is 0 Å². The number of benzene rings is 1. The number of ether oxygens (including phenoxy) is 3. The summed E-state index contributed by atoms with van der Waals surface area (Å²) in [5.74, 6) is -1.64. The molecule has 1 saturated heterocycles. The third-order valence-corrected chi connectivity index (χ3v) is 3.19. The van der Waals surface area contributed by atoms with Crippen LogP contribution in [0, 0.1) is 0 Å². The summed E-state index contributed by atoms with van der Waals surface area (Å²) in [4.78, 5) is 24.6. The molecule has 6 nitrogen and oxygen atoms in total. The zero-order valence-corrected chi connectivity index (χ0v) is 12.9. The fourth-order valence-electron chi connectivity index (χ4n) is 2.31. The van der Waals surface area contributed by atoms with Crippen molar-refractivity contribution in [3.63, 3.8) is 0 Å². The van der Waals surface area contributed by atoms with E-state index in [0.717, 1.165) is 0 Å². The topological polar surface area (TPSA) is 73.9 Å². The van der Waals surface area contributed by atoms with Crippen molar-refractivity contribution in [2.24, 2.45) is 0 Å². The van der Waals surface area contributed by atoms with E-state index in [9.17, 15) is 9.59 Å². The van der Waals surface area contributed by atoms with Crippen molar-refractivity contribution in [2.75, 3.05) is 6.61 Å². The van der Waals surface area contributed by atoms with Gasteiger partial charge in [-0.25, -0.2) is 4.79 Å². The van der Waals surface area contributed by atoms with Gasteiger partial charge in [-0.2, -0.15) is 0 Å². The fourth-order valence-corrected chi connectivity index (χ4v) is 2.31. The molecule has 0 saturated carbocycles. The van der Waals surface area contributed by atoms with E-state index in [-0.39, 0.29) is 18.6 Å². The summed E-state index contributed by atoms with van der Waals surface area (Å²) in [6.07, 6.45) is -2.14. The third kappa shape index (κ3) is 3.84. The lowest BCUT2D eigenvalue weighted by Gasteiger charge is -2.35. The molecule has 1 amide bonds. The summed E-state index contributed by atoms with van der Waals surface area (Å²) in [6, 6.07) is 9.02. The minimum atomic E-state index is -1.03. The standard InChI is InChI=1S/C16H21NO5/c1-4-20-15(19)13-12(11-8-6-5-7-9-11)14(18)17-16(22-13)21-10(2)3/h5-10,12-13,16H,4H2,1-3H3,(H,17,18). The number of esters is 1. The molecule has 1 N–H and O–H groups in total. The first-order valence-corrected chi connectivity index (χ1v) is 7.35. The van der Waals surface area contributed by atoms with Crippen LogP contribution in [-0.2, 0) is 23.8 Å².